The summed E-state index contributed by atoms with van der Waals surface area (Å²) in [6, 6.07) is 0. The molecule has 3 nitrogen and oxygen atoms in total. The van der Waals surface area contributed by atoms with Crippen LogP contribution in [-0.4, -0.2) is 37.9 Å². The van der Waals surface area contributed by atoms with Gasteiger partial charge in [0.1, 0.15) is 0 Å². The lowest BCUT2D eigenvalue weighted by Gasteiger charge is -2.31. The van der Waals surface area contributed by atoms with E-state index in [4.69, 9.17) is 11.3 Å². The Hall–Kier alpha value is -0.590. The molecule has 3 heteroatoms. The van der Waals surface area contributed by atoms with Crippen LogP contribution in [-0.2, 0) is 4.74 Å². The summed E-state index contributed by atoms with van der Waals surface area (Å²) in [7, 11) is 3.92. The number of ether oxygens (including phenoxy) is 1. The summed E-state index contributed by atoms with van der Waals surface area (Å²) in [6.45, 7) is 8.55. The van der Waals surface area contributed by atoms with Gasteiger partial charge in [-0.15, -0.1) is 0 Å². The highest BCUT2D eigenvalue weighted by Gasteiger charge is 2.40. The van der Waals surface area contributed by atoms with E-state index < -0.39 is 0 Å². The Bertz CT molecular complexity index is 165. The second-order valence-electron chi connectivity index (χ2n) is 3.10. The maximum atomic E-state index is 7.10. The van der Waals surface area contributed by atoms with Crippen molar-refractivity contribution in [2.24, 2.45) is 0 Å². The lowest BCUT2D eigenvalue weighted by atomic mass is 10.0. The van der Waals surface area contributed by atoms with Crippen molar-refractivity contribution < 1.29 is 4.74 Å². The van der Waals surface area contributed by atoms with Gasteiger partial charge in [-0.1, -0.05) is 0 Å². The van der Waals surface area contributed by atoms with Crippen LogP contribution >= 0.6 is 0 Å². The quantitative estimate of drug-likeness (QED) is 0.523. The Balaban J connectivity index is 2.67. The molecular weight excluding hydrogens is 140 g/mol. The highest BCUT2D eigenvalue weighted by molar-refractivity contribution is 4.97. The van der Waals surface area contributed by atoms with Crippen LogP contribution in [0.15, 0.2) is 0 Å². The Labute approximate surface area is 67.8 Å². The number of nitrogens with zero attached hydrogens (tertiary/aromatic N) is 2. The summed E-state index contributed by atoms with van der Waals surface area (Å²) < 4.78 is 5.21. The van der Waals surface area contributed by atoms with E-state index in [0.29, 0.717) is 0 Å². The molecule has 0 atom stereocenters. The van der Waals surface area contributed by atoms with Crippen molar-refractivity contribution in [2.45, 2.75) is 18.5 Å². The van der Waals surface area contributed by atoms with Crippen LogP contribution in [0.1, 0.15) is 12.8 Å². The van der Waals surface area contributed by atoms with E-state index in [1.165, 1.54) is 0 Å². The van der Waals surface area contributed by atoms with Crippen LogP contribution in [0.3, 0.4) is 0 Å². The first kappa shape index (κ1) is 8.51. The maximum Gasteiger partial charge on any atom is 0.292 e. The zero-order chi connectivity index (χ0) is 8.32. The van der Waals surface area contributed by atoms with Gasteiger partial charge in [0, 0.05) is 0 Å². The predicted octanol–water partition coefficient (Wildman–Crippen LogP) is 0.974. The van der Waals surface area contributed by atoms with Gasteiger partial charge in [-0.05, 0) is 14.1 Å². The van der Waals surface area contributed by atoms with Crippen LogP contribution in [0.5, 0.6) is 0 Å². The first-order valence-electron chi connectivity index (χ1n) is 3.85. The molecule has 1 aliphatic heterocycles. The van der Waals surface area contributed by atoms with Gasteiger partial charge in [-0.2, -0.15) is 0 Å². The molecule has 0 unspecified atom stereocenters. The molecule has 1 aliphatic rings. The standard InChI is InChI=1S/C8H14N2O/c1-9-8(10(2)3)4-6-11-7-5-8/h4-7H2,2-3H3. The highest BCUT2D eigenvalue weighted by Crippen LogP contribution is 2.26. The van der Waals surface area contributed by atoms with Gasteiger partial charge in [0.2, 0.25) is 0 Å². The predicted molar refractivity (Wildman–Crippen MR) is 43.1 cm³/mol. The minimum Gasteiger partial charge on any atom is -0.381 e. The van der Waals surface area contributed by atoms with Crippen LogP contribution in [0.4, 0.5) is 0 Å². The minimum absolute atomic E-state index is 0.280. The van der Waals surface area contributed by atoms with Crippen LogP contribution in [0.25, 0.3) is 4.85 Å². The molecule has 0 bridgehead atoms. The third-order valence-corrected chi connectivity index (χ3v) is 2.33. The molecule has 0 aromatic carbocycles. The maximum absolute atomic E-state index is 7.10. The molecule has 0 radical (unpaired) electrons. The summed E-state index contributed by atoms with van der Waals surface area (Å²) in [4.78, 5) is 5.68. The molecule has 1 rings (SSSR count). The summed E-state index contributed by atoms with van der Waals surface area (Å²) >= 11 is 0. The molecule has 0 saturated carbocycles. The fourth-order valence-electron chi connectivity index (χ4n) is 1.36. The minimum atomic E-state index is -0.280. The molecule has 1 saturated heterocycles. The van der Waals surface area contributed by atoms with E-state index >= 15 is 0 Å². The first-order valence-corrected chi connectivity index (χ1v) is 3.85. The van der Waals surface area contributed by atoms with Gasteiger partial charge in [-0.3, -0.25) is 4.85 Å². The molecule has 0 amide bonds. The summed E-state index contributed by atoms with van der Waals surface area (Å²) in [5.41, 5.74) is -0.280. The molecule has 0 aromatic rings. The Morgan fingerprint density at radius 1 is 1.36 bits per heavy atom. The zero-order valence-electron chi connectivity index (χ0n) is 7.13. The molecule has 1 heterocycles. The number of hydrogen-bond acceptors (Lipinski definition) is 2. The number of hydrogen-bond donors (Lipinski definition) is 0. The van der Waals surface area contributed by atoms with E-state index in [1.807, 2.05) is 19.0 Å². The fourth-order valence-corrected chi connectivity index (χ4v) is 1.36. The molecule has 1 fully saturated rings. The Morgan fingerprint density at radius 3 is 2.18 bits per heavy atom. The van der Waals surface area contributed by atoms with Gasteiger partial charge >= 0.3 is 0 Å². The molecule has 0 aromatic heterocycles. The van der Waals surface area contributed by atoms with Crippen LogP contribution < -0.4 is 0 Å². The van der Waals surface area contributed by atoms with Crippen molar-refractivity contribution in [1.29, 1.82) is 0 Å². The van der Waals surface area contributed by atoms with Gasteiger partial charge in [-0.25, -0.2) is 11.5 Å². The summed E-state index contributed by atoms with van der Waals surface area (Å²) in [5, 5.41) is 0. The van der Waals surface area contributed by atoms with Crippen LogP contribution in [0.2, 0.25) is 0 Å². The topological polar surface area (TPSA) is 16.8 Å². The highest BCUT2D eigenvalue weighted by atomic mass is 16.5. The number of rotatable bonds is 1. The normalized spacial score (nSPS) is 23.1. The molecular formula is C8H14N2O. The van der Waals surface area contributed by atoms with Gasteiger partial charge < -0.3 is 4.74 Å². The SMILES string of the molecule is [C-]#[N+]C1(N(C)C)CCOCC1. The van der Waals surface area contributed by atoms with E-state index in [0.717, 1.165) is 26.1 Å². The fraction of sp³-hybridized carbons (Fsp3) is 0.875. The van der Waals surface area contributed by atoms with Crippen molar-refractivity contribution in [3.05, 3.63) is 11.4 Å². The van der Waals surface area contributed by atoms with Crippen molar-refractivity contribution in [3.63, 3.8) is 0 Å². The average molecular weight is 154 g/mol. The van der Waals surface area contributed by atoms with Gasteiger partial charge in [0.15, 0.2) is 0 Å². The largest absolute Gasteiger partial charge is 0.381 e. The third-order valence-electron chi connectivity index (χ3n) is 2.33. The van der Waals surface area contributed by atoms with Gasteiger partial charge in [0.05, 0.1) is 26.1 Å². The second kappa shape index (κ2) is 3.21. The van der Waals surface area contributed by atoms with Crippen molar-refractivity contribution in [3.8, 4) is 0 Å². The summed E-state index contributed by atoms with van der Waals surface area (Å²) in [5.74, 6) is 0. The second-order valence-corrected chi connectivity index (χ2v) is 3.10. The first-order chi connectivity index (χ1) is 5.21. The molecule has 0 spiro atoms. The van der Waals surface area contributed by atoms with Crippen molar-refractivity contribution in [1.82, 2.24) is 4.90 Å². The monoisotopic (exact) mass is 154 g/mol. The zero-order valence-corrected chi connectivity index (χ0v) is 7.13. The van der Waals surface area contributed by atoms with Gasteiger partial charge in [0.25, 0.3) is 5.66 Å². The lowest BCUT2D eigenvalue weighted by molar-refractivity contribution is 0.0157. The van der Waals surface area contributed by atoms with E-state index in [-0.39, 0.29) is 5.66 Å². The Kier molecular flexibility index (Phi) is 2.48. The average Bonchev–Trinajstić information content (AvgIpc) is 2.05. The van der Waals surface area contributed by atoms with E-state index in [9.17, 15) is 0 Å². The van der Waals surface area contributed by atoms with E-state index in [1.54, 1.807) is 0 Å². The van der Waals surface area contributed by atoms with Crippen molar-refractivity contribution in [2.75, 3.05) is 27.3 Å². The molecule has 0 aliphatic carbocycles. The molecule has 11 heavy (non-hydrogen) atoms. The van der Waals surface area contributed by atoms with E-state index in [2.05, 4.69) is 4.85 Å². The Morgan fingerprint density at radius 2 is 1.91 bits per heavy atom. The van der Waals surface area contributed by atoms with Crippen LogP contribution in [0, 0.1) is 6.57 Å². The van der Waals surface area contributed by atoms with Crippen molar-refractivity contribution >= 4 is 0 Å². The summed E-state index contributed by atoms with van der Waals surface area (Å²) in [6.07, 6.45) is 1.67. The molecule has 62 valence electrons. The lowest BCUT2D eigenvalue weighted by Crippen LogP contribution is -2.45. The smallest absolute Gasteiger partial charge is 0.292 e. The molecule has 0 N–H and O–H groups in total. The third kappa shape index (κ3) is 1.52.